The molecular weight excluding hydrogens is 406 g/mol. The summed E-state index contributed by atoms with van der Waals surface area (Å²) in [5.41, 5.74) is 6.88. The smallest absolute Gasteiger partial charge is 0.275 e. The summed E-state index contributed by atoms with van der Waals surface area (Å²) in [6.07, 6.45) is 0.730. The monoisotopic (exact) mass is 431 g/mol. The molecule has 5 rings (SSSR count). The van der Waals surface area contributed by atoms with Crippen molar-refractivity contribution < 1.29 is 0 Å². The zero-order chi connectivity index (χ0) is 21.5. The van der Waals surface area contributed by atoms with Gasteiger partial charge in [0, 0.05) is 36.2 Å². The molecule has 0 spiro atoms. The standard InChI is InChI=1S/C24H25N5OS/c1-4-19-12-22(30)29-24(26-19)31-23(27-29)25-20-8-5-17-13-28(14-18(17)11-20)21-9-6-16(7-10-21)15(2)3/h5-12,15H,4,13-14H2,1-3H3,(H,25,27). The van der Waals surface area contributed by atoms with Gasteiger partial charge < -0.3 is 10.2 Å². The van der Waals surface area contributed by atoms with Gasteiger partial charge in [0.1, 0.15) is 0 Å². The average molecular weight is 432 g/mol. The number of nitrogens with one attached hydrogen (secondary N) is 1. The van der Waals surface area contributed by atoms with E-state index in [1.807, 2.05) is 6.92 Å². The van der Waals surface area contributed by atoms with Gasteiger partial charge in [-0.15, -0.1) is 5.10 Å². The Morgan fingerprint density at radius 3 is 2.58 bits per heavy atom. The van der Waals surface area contributed by atoms with E-state index in [9.17, 15) is 4.79 Å². The highest BCUT2D eigenvalue weighted by atomic mass is 32.1. The van der Waals surface area contributed by atoms with Crippen molar-refractivity contribution in [2.75, 3.05) is 10.2 Å². The van der Waals surface area contributed by atoms with Gasteiger partial charge in [-0.25, -0.2) is 4.98 Å². The highest BCUT2D eigenvalue weighted by Gasteiger charge is 2.20. The SMILES string of the molecule is CCc1cc(=O)n2nc(Nc3ccc4c(c3)CN(c3ccc(C(C)C)cc3)C4)sc2n1. The third-order valence-corrected chi connectivity index (χ3v) is 6.59. The van der Waals surface area contributed by atoms with Gasteiger partial charge in [-0.1, -0.05) is 50.3 Å². The van der Waals surface area contributed by atoms with E-state index in [1.54, 1.807) is 6.07 Å². The third kappa shape index (κ3) is 3.81. The molecule has 6 nitrogen and oxygen atoms in total. The quantitative estimate of drug-likeness (QED) is 0.476. The number of nitrogens with zero attached hydrogens (tertiary/aromatic N) is 4. The molecule has 0 radical (unpaired) electrons. The molecule has 0 unspecified atom stereocenters. The number of hydrogen-bond donors (Lipinski definition) is 1. The van der Waals surface area contributed by atoms with Crippen molar-refractivity contribution in [2.24, 2.45) is 0 Å². The van der Waals surface area contributed by atoms with Crippen LogP contribution in [-0.2, 0) is 19.5 Å². The molecule has 0 aliphatic carbocycles. The van der Waals surface area contributed by atoms with Gasteiger partial charge in [-0.05, 0) is 53.3 Å². The predicted octanol–water partition coefficient (Wildman–Crippen LogP) is 5.10. The van der Waals surface area contributed by atoms with Crippen molar-refractivity contribution in [3.05, 3.63) is 81.3 Å². The lowest BCUT2D eigenvalue weighted by Gasteiger charge is -2.18. The van der Waals surface area contributed by atoms with Crippen LogP contribution in [0.15, 0.2) is 53.3 Å². The molecular formula is C24H25N5OS. The van der Waals surface area contributed by atoms with Crippen LogP contribution >= 0.6 is 11.3 Å². The zero-order valence-corrected chi connectivity index (χ0v) is 18.7. The lowest BCUT2D eigenvalue weighted by molar-refractivity contribution is 0.856. The van der Waals surface area contributed by atoms with E-state index >= 15 is 0 Å². The highest BCUT2D eigenvalue weighted by Crippen LogP contribution is 2.32. The Hall–Kier alpha value is -3.19. The minimum atomic E-state index is -0.140. The van der Waals surface area contributed by atoms with Crippen LogP contribution in [0.5, 0.6) is 0 Å². The molecule has 0 saturated heterocycles. The molecule has 0 saturated carbocycles. The van der Waals surface area contributed by atoms with Gasteiger partial charge >= 0.3 is 0 Å². The molecule has 7 heteroatoms. The van der Waals surface area contributed by atoms with E-state index in [0.717, 1.165) is 30.9 Å². The van der Waals surface area contributed by atoms with E-state index in [4.69, 9.17) is 0 Å². The maximum absolute atomic E-state index is 12.2. The summed E-state index contributed by atoms with van der Waals surface area (Å²) < 4.78 is 1.36. The van der Waals surface area contributed by atoms with Gasteiger partial charge in [0.05, 0.1) is 0 Å². The van der Waals surface area contributed by atoms with Crippen molar-refractivity contribution in [1.82, 2.24) is 14.6 Å². The Balaban J connectivity index is 1.35. The molecule has 3 heterocycles. The fraction of sp³-hybridized carbons (Fsp3) is 0.292. The largest absolute Gasteiger partial charge is 0.363 e. The Bertz CT molecular complexity index is 1310. The van der Waals surface area contributed by atoms with Gasteiger partial charge in [0.25, 0.3) is 5.56 Å². The van der Waals surface area contributed by atoms with Crippen molar-refractivity contribution >= 4 is 32.8 Å². The summed E-state index contributed by atoms with van der Waals surface area (Å²) in [6.45, 7) is 8.22. The normalized spacial score (nSPS) is 13.2. The topological polar surface area (TPSA) is 62.5 Å². The van der Waals surface area contributed by atoms with Crippen LogP contribution in [0.2, 0.25) is 0 Å². The summed E-state index contributed by atoms with van der Waals surface area (Å²) in [4.78, 5) is 19.8. The first-order valence-corrected chi connectivity index (χ1v) is 11.5. The maximum atomic E-state index is 12.2. The lowest BCUT2D eigenvalue weighted by atomic mass is 10.0. The fourth-order valence-electron chi connectivity index (χ4n) is 3.94. The second-order valence-corrected chi connectivity index (χ2v) is 9.21. The van der Waals surface area contributed by atoms with Crippen LogP contribution in [0.1, 0.15) is 49.1 Å². The second kappa shape index (κ2) is 7.81. The van der Waals surface area contributed by atoms with Crippen LogP contribution in [-0.4, -0.2) is 14.6 Å². The number of aryl methyl sites for hydroxylation is 1. The number of rotatable bonds is 5. The molecule has 0 atom stereocenters. The number of benzene rings is 2. The van der Waals surface area contributed by atoms with E-state index in [-0.39, 0.29) is 5.56 Å². The molecule has 0 amide bonds. The third-order valence-electron chi connectivity index (χ3n) is 5.77. The zero-order valence-electron chi connectivity index (χ0n) is 17.9. The molecule has 31 heavy (non-hydrogen) atoms. The van der Waals surface area contributed by atoms with Gasteiger partial charge in [0.2, 0.25) is 10.1 Å². The summed E-state index contributed by atoms with van der Waals surface area (Å²) in [6, 6.07) is 16.9. The molecule has 0 fully saturated rings. The Labute approximate surface area is 185 Å². The average Bonchev–Trinajstić information content (AvgIpc) is 3.37. The summed E-state index contributed by atoms with van der Waals surface area (Å²) >= 11 is 1.39. The van der Waals surface area contributed by atoms with Crippen molar-refractivity contribution in [2.45, 2.75) is 46.2 Å². The number of fused-ring (bicyclic) bond motifs is 2. The van der Waals surface area contributed by atoms with Gasteiger partial charge in [0.15, 0.2) is 0 Å². The first-order valence-electron chi connectivity index (χ1n) is 10.6. The van der Waals surface area contributed by atoms with E-state index in [0.29, 0.717) is 16.0 Å². The summed E-state index contributed by atoms with van der Waals surface area (Å²) in [7, 11) is 0. The molecule has 1 aliphatic rings. The van der Waals surface area contributed by atoms with Crippen molar-refractivity contribution in [3.8, 4) is 0 Å². The van der Waals surface area contributed by atoms with Crippen LogP contribution in [0.4, 0.5) is 16.5 Å². The Morgan fingerprint density at radius 2 is 1.84 bits per heavy atom. The van der Waals surface area contributed by atoms with Crippen molar-refractivity contribution in [1.29, 1.82) is 0 Å². The number of aromatic nitrogens is 3. The molecule has 4 aromatic rings. The molecule has 158 valence electrons. The summed E-state index contributed by atoms with van der Waals surface area (Å²) in [5.74, 6) is 0.542. The van der Waals surface area contributed by atoms with Crippen molar-refractivity contribution in [3.63, 3.8) is 0 Å². The number of anilines is 3. The minimum Gasteiger partial charge on any atom is -0.363 e. The van der Waals surface area contributed by atoms with Crippen LogP contribution in [0.3, 0.4) is 0 Å². The molecule has 0 bridgehead atoms. The number of hydrogen-bond acceptors (Lipinski definition) is 6. The lowest BCUT2D eigenvalue weighted by Crippen LogP contribution is -2.15. The Kier molecular flexibility index (Phi) is 4.98. The Morgan fingerprint density at radius 1 is 1.06 bits per heavy atom. The van der Waals surface area contributed by atoms with Crippen LogP contribution in [0, 0.1) is 0 Å². The maximum Gasteiger partial charge on any atom is 0.275 e. The first kappa shape index (κ1) is 19.8. The van der Waals surface area contributed by atoms with E-state index in [1.165, 1.54) is 38.2 Å². The predicted molar refractivity (Wildman–Crippen MR) is 127 cm³/mol. The van der Waals surface area contributed by atoms with Crippen LogP contribution < -0.4 is 15.8 Å². The molecule has 2 aromatic carbocycles. The van der Waals surface area contributed by atoms with Gasteiger partial charge in [-0.2, -0.15) is 4.52 Å². The van der Waals surface area contributed by atoms with Crippen LogP contribution in [0.25, 0.3) is 4.96 Å². The molecule has 2 aromatic heterocycles. The molecule has 1 N–H and O–H groups in total. The first-order chi connectivity index (χ1) is 15.0. The highest BCUT2D eigenvalue weighted by molar-refractivity contribution is 7.20. The fourth-order valence-corrected chi connectivity index (χ4v) is 4.78. The van der Waals surface area contributed by atoms with Gasteiger partial charge in [-0.3, -0.25) is 4.79 Å². The minimum absolute atomic E-state index is 0.140. The summed E-state index contributed by atoms with van der Waals surface area (Å²) in [5, 5.41) is 8.42. The van der Waals surface area contributed by atoms with E-state index < -0.39 is 0 Å². The second-order valence-electron chi connectivity index (χ2n) is 8.25. The molecule has 1 aliphatic heterocycles. The van der Waals surface area contributed by atoms with E-state index in [2.05, 4.69) is 76.6 Å².